The second-order valence-corrected chi connectivity index (χ2v) is 3.30. The molecule has 1 aliphatic carbocycles. The Hall–Kier alpha value is -0.0800. The lowest BCUT2D eigenvalue weighted by Gasteiger charge is -2.36. The maximum absolute atomic E-state index is 5.62. The van der Waals surface area contributed by atoms with Crippen LogP contribution in [0.3, 0.4) is 0 Å². The van der Waals surface area contributed by atoms with Crippen molar-refractivity contribution in [2.75, 3.05) is 19.7 Å². The van der Waals surface area contributed by atoms with Crippen molar-refractivity contribution in [1.82, 2.24) is 5.32 Å². The molecule has 2 rings (SSSR count). The summed E-state index contributed by atoms with van der Waals surface area (Å²) in [4.78, 5) is 0. The minimum absolute atomic E-state index is 0.544. The van der Waals surface area contributed by atoms with Crippen LogP contribution in [0.15, 0.2) is 0 Å². The standard InChI is InChI=1S/C8H15NO/c1-2-7(3-1)8-6-9-4-5-10-8/h7-9H,1-6H2/t8-/m1/s1. The van der Waals surface area contributed by atoms with Crippen LogP contribution in [0.1, 0.15) is 19.3 Å². The summed E-state index contributed by atoms with van der Waals surface area (Å²) in [5.41, 5.74) is 0. The number of ether oxygens (including phenoxy) is 1. The Kier molecular flexibility index (Phi) is 1.91. The van der Waals surface area contributed by atoms with Crippen molar-refractivity contribution in [1.29, 1.82) is 0 Å². The van der Waals surface area contributed by atoms with Gasteiger partial charge in [0.05, 0.1) is 12.7 Å². The van der Waals surface area contributed by atoms with Gasteiger partial charge in [-0.05, 0) is 18.8 Å². The SMILES string of the molecule is C1CC([C@H]2CNCCO2)C1. The van der Waals surface area contributed by atoms with Crippen molar-refractivity contribution in [3.05, 3.63) is 0 Å². The Morgan fingerprint density at radius 1 is 1.30 bits per heavy atom. The maximum atomic E-state index is 5.62. The highest BCUT2D eigenvalue weighted by Gasteiger charge is 2.28. The molecule has 2 heteroatoms. The topological polar surface area (TPSA) is 21.3 Å². The fraction of sp³-hybridized carbons (Fsp3) is 1.00. The molecule has 1 aliphatic heterocycles. The van der Waals surface area contributed by atoms with Crippen molar-refractivity contribution in [3.8, 4) is 0 Å². The van der Waals surface area contributed by atoms with E-state index in [1.165, 1.54) is 19.3 Å². The Morgan fingerprint density at radius 2 is 2.20 bits per heavy atom. The Balaban J connectivity index is 1.78. The zero-order valence-electron chi connectivity index (χ0n) is 6.31. The highest BCUT2D eigenvalue weighted by Crippen LogP contribution is 2.31. The number of rotatable bonds is 1. The van der Waals surface area contributed by atoms with Gasteiger partial charge in [-0.1, -0.05) is 6.42 Å². The van der Waals surface area contributed by atoms with E-state index >= 15 is 0 Å². The molecule has 0 radical (unpaired) electrons. The van der Waals surface area contributed by atoms with Gasteiger partial charge in [-0.15, -0.1) is 0 Å². The van der Waals surface area contributed by atoms with Crippen molar-refractivity contribution >= 4 is 0 Å². The molecule has 1 saturated carbocycles. The molecule has 1 N–H and O–H groups in total. The monoisotopic (exact) mass is 141 g/mol. The van der Waals surface area contributed by atoms with Crippen LogP contribution in [0.25, 0.3) is 0 Å². The van der Waals surface area contributed by atoms with Gasteiger partial charge < -0.3 is 10.1 Å². The van der Waals surface area contributed by atoms with Crippen LogP contribution in [0.2, 0.25) is 0 Å². The minimum atomic E-state index is 0.544. The molecule has 2 aliphatic rings. The fourth-order valence-electron chi connectivity index (χ4n) is 1.70. The first-order valence-electron chi connectivity index (χ1n) is 4.29. The second-order valence-electron chi connectivity index (χ2n) is 3.30. The maximum Gasteiger partial charge on any atom is 0.0728 e. The summed E-state index contributed by atoms with van der Waals surface area (Å²) in [7, 11) is 0. The average Bonchev–Trinajstić information content (AvgIpc) is 1.86. The van der Waals surface area contributed by atoms with Gasteiger partial charge in [-0.25, -0.2) is 0 Å². The van der Waals surface area contributed by atoms with E-state index < -0.39 is 0 Å². The van der Waals surface area contributed by atoms with Crippen LogP contribution < -0.4 is 5.32 Å². The van der Waals surface area contributed by atoms with Crippen LogP contribution in [0.5, 0.6) is 0 Å². The normalized spacial score (nSPS) is 35.4. The molecule has 2 nitrogen and oxygen atoms in total. The molecule has 0 aromatic heterocycles. The highest BCUT2D eigenvalue weighted by atomic mass is 16.5. The van der Waals surface area contributed by atoms with Gasteiger partial charge in [0.25, 0.3) is 0 Å². The van der Waals surface area contributed by atoms with Crippen molar-refractivity contribution < 1.29 is 4.74 Å². The minimum Gasteiger partial charge on any atom is -0.375 e. The predicted molar refractivity (Wildman–Crippen MR) is 40.0 cm³/mol. The smallest absolute Gasteiger partial charge is 0.0728 e. The zero-order valence-corrected chi connectivity index (χ0v) is 6.31. The lowest BCUT2D eigenvalue weighted by atomic mass is 9.81. The van der Waals surface area contributed by atoms with Crippen LogP contribution in [-0.4, -0.2) is 25.8 Å². The summed E-state index contributed by atoms with van der Waals surface area (Å²) in [6.45, 7) is 3.05. The van der Waals surface area contributed by atoms with Crippen molar-refractivity contribution in [2.24, 2.45) is 5.92 Å². The number of nitrogens with one attached hydrogen (secondary N) is 1. The number of hydrogen-bond acceptors (Lipinski definition) is 2. The summed E-state index contributed by atoms with van der Waals surface area (Å²) in [5, 5.41) is 3.36. The van der Waals surface area contributed by atoms with Gasteiger partial charge in [0, 0.05) is 13.1 Å². The molecule has 0 unspecified atom stereocenters. The molecule has 1 saturated heterocycles. The third-order valence-corrected chi connectivity index (χ3v) is 2.63. The first-order valence-corrected chi connectivity index (χ1v) is 4.29. The average molecular weight is 141 g/mol. The number of morpholine rings is 1. The first-order chi connectivity index (χ1) is 4.97. The van der Waals surface area contributed by atoms with E-state index in [4.69, 9.17) is 4.74 Å². The van der Waals surface area contributed by atoms with E-state index in [0.29, 0.717) is 6.10 Å². The van der Waals surface area contributed by atoms with Crippen LogP contribution in [-0.2, 0) is 4.74 Å². The Labute approximate surface area is 61.9 Å². The molecule has 0 aromatic rings. The molecular formula is C8H15NO. The molecule has 0 aromatic carbocycles. The van der Waals surface area contributed by atoms with E-state index in [-0.39, 0.29) is 0 Å². The molecule has 10 heavy (non-hydrogen) atoms. The van der Waals surface area contributed by atoms with E-state index in [1.54, 1.807) is 0 Å². The van der Waals surface area contributed by atoms with E-state index in [1.807, 2.05) is 0 Å². The largest absolute Gasteiger partial charge is 0.375 e. The molecule has 2 fully saturated rings. The lowest BCUT2D eigenvalue weighted by molar-refractivity contribution is -0.0316. The first kappa shape index (κ1) is 6.62. The van der Waals surface area contributed by atoms with E-state index in [9.17, 15) is 0 Å². The summed E-state index contributed by atoms with van der Waals surface area (Å²) >= 11 is 0. The van der Waals surface area contributed by atoms with Crippen molar-refractivity contribution in [2.45, 2.75) is 25.4 Å². The second kappa shape index (κ2) is 2.89. The van der Waals surface area contributed by atoms with E-state index in [0.717, 1.165) is 25.6 Å². The van der Waals surface area contributed by atoms with Crippen LogP contribution in [0.4, 0.5) is 0 Å². The fourth-order valence-corrected chi connectivity index (χ4v) is 1.70. The molecule has 1 heterocycles. The molecule has 58 valence electrons. The van der Waals surface area contributed by atoms with Gasteiger partial charge in [-0.2, -0.15) is 0 Å². The zero-order chi connectivity index (χ0) is 6.81. The molecular weight excluding hydrogens is 126 g/mol. The highest BCUT2D eigenvalue weighted by molar-refractivity contribution is 4.81. The van der Waals surface area contributed by atoms with Gasteiger partial charge in [0.15, 0.2) is 0 Å². The summed E-state index contributed by atoms with van der Waals surface area (Å²) in [6, 6.07) is 0. The predicted octanol–water partition coefficient (Wildman–Crippen LogP) is 0.775. The third-order valence-electron chi connectivity index (χ3n) is 2.63. The molecule has 0 spiro atoms. The number of hydrogen-bond donors (Lipinski definition) is 1. The van der Waals surface area contributed by atoms with E-state index in [2.05, 4.69) is 5.32 Å². The van der Waals surface area contributed by atoms with Gasteiger partial charge in [-0.3, -0.25) is 0 Å². The van der Waals surface area contributed by atoms with Gasteiger partial charge in [0.2, 0.25) is 0 Å². The molecule has 0 amide bonds. The molecule has 0 bridgehead atoms. The summed E-state index contributed by atoms with van der Waals surface area (Å²) < 4.78 is 5.62. The summed E-state index contributed by atoms with van der Waals surface area (Å²) in [6.07, 6.45) is 4.76. The van der Waals surface area contributed by atoms with Crippen molar-refractivity contribution in [3.63, 3.8) is 0 Å². The Bertz CT molecular complexity index is 106. The third kappa shape index (κ3) is 1.18. The van der Waals surface area contributed by atoms with Crippen LogP contribution in [0, 0.1) is 5.92 Å². The Morgan fingerprint density at radius 3 is 2.70 bits per heavy atom. The van der Waals surface area contributed by atoms with Gasteiger partial charge >= 0.3 is 0 Å². The van der Waals surface area contributed by atoms with Gasteiger partial charge in [0.1, 0.15) is 0 Å². The molecule has 1 atom stereocenters. The lowest BCUT2D eigenvalue weighted by Crippen LogP contribution is -2.44. The van der Waals surface area contributed by atoms with Crippen LogP contribution >= 0.6 is 0 Å². The summed E-state index contributed by atoms with van der Waals surface area (Å²) in [5.74, 6) is 0.882. The quantitative estimate of drug-likeness (QED) is 0.582.